The van der Waals surface area contributed by atoms with Crippen LogP contribution >= 0.6 is 0 Å². The van der Waals surface area contributed by atoms with Gasteiger partial charge in [-0.2, -0.15) is 0 Å². The van der Waals surface area contributed by atoms with Gasteiger partial charge in [-0.1, -0.05) is 30.3 Å². The van der Waals surface area contributed by atoms with Crippen molar-refractivity contribution in [1.29, 1.82) is 0 Å². The number of ether oxygens (including phenoxy) is 1. The summed E-state index contributed by atoms with van der Waals surface area (Å²) in [7, 11) is 3.45. The monoisotopic (exact) mass is 324 g/mol. The Labute approximate surface area is 141 Å². The van der Waals surface area contributed by atoms with Crippen molar-refractivity contribution in [2.45, 2.75) is 19.0 Å². The van der Waals surface area contributed by atoms with E-state index in [0.29, 0.717) is 18.0 Å². The number of benzene rings is 2. The smallest absolute Gasteiger partial charge is 0.251 e. The minimum absolute atomic E-state index is 0.171. The second-order valence-electron chi connectivity index (χ2n) is 5.89. The van der Waals surface area contributed by atoms with E-state index in [1.54, 1.807) is 31.4 Å². The van der Waals surface area contributed by atoms with Crippen molar-refractivity contribution in [1.82, 2.24) is 4.90 Å². The maximum atomic E-state index is 12.7. The third-order valence-corrected chi connectivity index (χ3v) is 4.26. The number of likely N-dealkylation sites (N-methyl/N-ethyl adjacent to an activating group) is 1. The molecule has 1 aliphatic heterocycles. The van der Waals surface area contributed by atoms with Crippen LogP contribution in [0, 0.1) is 0 Å². The lowest BCUT2D eigenvalue weighted by Gasteiger charge is -2.23. The highest BCUT2D eigenvalue weighted by Crippen LogP contribution is 2.27. The average molecular weight is 324 g/mol. The van der Waals surface area contributed by atoms with Crippen LogP contribution < -0.4 is 9.64 Å². The molecular weight excluding hydrogens is 304 g/mol. The summed E-state index contributed by atoms with van der Waals surface area (Å²) in [5, 5.41) is 0. The molecule has 1 atom stereocenters. The summed E-state index contributed by atoms with van der Waals surface area (Å²) in [5.74, 6) is 0.342. The Kier molecular flexibility index (Phi) is 4.62. The number of amides is 2. The molecule has 5 nitrogen and oxygen atoms in total. The van der Waals surface area contributed by atoms with Gasteiger partial charge < -0.3 is 4.74 Å². The zero-order chi connectivity index (χ0) is 17.1. The molecule has 0 saturated carbocycles. The van der Waals surface area contributed by atoms with Crippen LogP contribution in [0.25, 0.3) is 0 Å². The maximum Gasteiger partial charge on any atom is 0.251 e. The minimum atomic E-state index is -0.431. The summed E-state index contributed by atoms with van der Waals surface area (Å²) >= 11 is 0. The Balaban J connectivity index is 1.75. The van der Waals surface area contributed by atoms with Gasteiger partial charge in [-0.05, 0) is 36.9 Å². The van der Waals surface area contributed by atoms with E-state index in [-0.39, 0.29) is 18.2 Å². The van der Waals surface area contributed by atoms with Crippen LogP contribution in [0.2, 0.25) is 0 Å². The molecule has 0 bridgehead atoms. The third kappa shape index (κ3) is 3.16. The number of anilines is 1. The van der Waals surface area contributed by atoms with Gasteiger partial charge in [-0.15, -0.1) is 0 Å². The molecule has 1 heterocycles. The number of carbonyl (C=O) groups excluding carboxylic acids is 2. The molecule has 2 aromatic carbocycles. The lowest BCUT2D eigenvalue weighted by Crippen LogP contribution is -2.39. The molecule has 3 rings (SSSR count). The van der Waals surface area contributed by atoms with Gasteiger partial charge in [0.2, 0.25) is 5.91 Å². The average Bonchev–Trinajstić information content (AvgIpc) is 2.90. The molecule has 1 aliphatic rings. The second kappa shape index (κ2) is 6.84. The van der Waals surface area contributed by atoms with E-state index in [2.05, 4.69) is 0 Å². The van der Waals surface area contributed by atoms with Crippen LogP contribution in [0.5, 0.6) is 5.75 Å². The van der Waals surface area contributed by atoms with E-state index in [0.717, 1.165) is 5.56 Å². The fourth-order valence-corrected chi connectivity index (χ4v) is 2.94. The van der Waals surface area contributed by atoms with E-state index in [4.69, 9.17) is 4.74 Å². The van der Waals surface area contributed by atoms with Crippen molar-refractivity contribution >= 4 is 17.5 Å². The first kappa shape index (κ1) is 16.2. The molecule has 1 fully saturated rings. The lowest BCUT2D eigenvalue weighted by atomic mass is 10.1. The fraction of sp³-hybridized carbons (Fsp3) is 0.263. The SMILES string of the molecule is COc1ccc(N2C(=O)CC(N(C)Cc3ccccc3)C2=O)cc1. The molecule has 124 valence electrons. The summed E-state index contributed by atoms with van der Waals surface area (Å²) in [6.45, 7) is 0.626. The Morgan fingerprint density at radius 1 is 1.08 bits per heavy atom. The van der Waals surface area contributed by atoms with Crippen LogP contribution in [-0.2, 0) is 16.1 Å². The number of hydrogen-bond acceptors (Lipinski definition) is 4. The quantitative estimate of drug-likeness (QED) is 0.793. The maximum absolute atomic E-state index is 12.7. The van der Waals surface area contributed by atoms with Gasteiger partial charge in [0, 0.05) is 6.54 Å². The summed E-state index contributed by atoms with van der Waals surface area (Å²) < 4.78 is 5.11. The molecule has 2 amide bonds. The van der Waals surface area contributed by atoms with Crippen LogP contribution in [-0.4, -0.2) is 36.9 Å². The number of nitrogens with zero attached hydrogens (tertiary/aromatic N) is 2. The van der Waals surface area contributed by atoms with E-state index in [1.165, 1.54) is 4.90 Å². The summed E-state index contributed by atoms with van der Waals surface area (Å²) in [6, 6.07) is 16.4. The third-order valence-electron chi connectivity index (χ3n) is 4.26. The van der Waals surface area contributed by atoms with Crippen LogP contribution in [0.4, 0.5) is 5.69 Å². The highest BCUT2D eigenvalue weighted by atomic mass is 16.5. The number of imide groups is 1. The Morgan fingerprint density at radius 2 is 1.75 bits per heavy atom. The Morgan fingerprint density at radius 3 is 2.38 bits per heavy atom. The topological polar surface area (TPSA) is 49.9 Å². The predicted molar refractivity (Wildman–Crippen MR) is 91.8 cm³/mol. The molecule has 0 aliphatic carbocycles. The highest BCUT2D eigenvalue weighted by molar-refractivity contribution is 6.22. The van der Waals surface area contributed by atoms with Crippen molar-refractivity contribution in [3.63, 3.8) is 0 Å². The van der Waals surface area contributed by atoms with Gasteiger partial charge >= 0.3 is 0 Å². The van der Waals surface area contributed by atoms with Crippen LogP contribution in [0.1, 0.15) is 12.0 Å². The van der Waals surface area contributed by atoms with E-state index in [1.807, 2.05) is 42.3 Å². The van der Waals surface area contributed by atoms with E-state index < -0.39 is 6.04 Å². The zero-order valence-corrected chi connectivity index (χ0v) is 13.8. The largest absolute Gasteiger partial charge is 0.497 e. The summed E-state index contributed by atoms with van der Waals surface area (Å²) in [6.07, 6.45) is 0.203. The predicted octanol–water partition coefficient (Wildman–Crippen LogP) is 2.46. The number of carbonyl (C=O) groups is 2. The molecule has 0 radical (unpaired) electrons. The van der Waals surface area contributed by atoms with Gasteiger partial charge in [0.1, 0.15) is 5.75 Å². The van der Waals surface area contributed by atoms with Crippen molar-refractivity contribution in [3.8, 4) is 5.75 Å². The summed E-state index contributed by atoms with van der Waals surface area (Å²) in [4.78, 5) is 28.3. The molecule has 0 aromatic heterocycles. The molecule has 0 spiro atoms. The molecule has 2 aromatic rings. The van der Waals surface area contributed by atoms with Gasteiger partial charge in [0.25, 0.3) is 5.91 Å². The molecule has 1 unspecified atom stereocenters. The molecule has 0 N–H and O–H groups in total. The zero-order valence-electron chi connectivity index (χ0n) is 13.8. The highest BCUT2D eigenvalue weighted by Gasteiger charge is 2.41. The van der Waals surface area contributed by atoms with E-state index >= 15 is 0 Å². The van der Waals surface area contributed by atoms with Crippen LogP contribution in [0.15, 0.2) is 54.6 Å². The second-order valence-corrected chi connectivity index (χ2v) is 5.89. The molecular formula is C19H20N2O3. The Hall–Kier alpha value is -2.66. The summed E-state index contributed by atoms with van der Waals surface area (Å²) in [5.41, 5.74) is 1.70. The first-order chi connectivity index (χ1) is 11.6. The van der Waals surface area contributed by atoms with Crippen molar-refractivity contribution in [3.05, 3.63) is 60.2 Å². The molecule has 5 heteroatoms. The minimum Gasteiger partial charge on any atom is -0.497 e. The van der Waals surface area contributed by atoms with E-state index in [9.17, 15) is 9.59 Å². The van der Waals surface area contributed by atoms with Gasteiger partial charge in [0.15, 0.2) is 0 Å². The van der Waals surface area contributed by atoms with Gasteiger partial charge in [0.05, 0.1) is 25.3 Å². The van der Waals surface area contributed by atoms with Crippen molar-refractivity contribution in [2.24, 2.45) is 0 Å². The van der Waals surface area contributed by atoms with Crippen LogP contribution in [0.3, 0.4) is 0 Å². The lowest BCUT2D eigenvalue weighted by molar-refractivity contribution is -0.122. The Bertz CT molecular complexity index is 728. The fourth-order valence-electron chi connectivity index (χ4n) is 2.94. The molecule has 24 heavy (non-hydrogen) atoms. The normalized spacial score (nSPS) is 17.6. The number of hydrogen-bond donors (Lipinski definition) is 0. The van der Waals surface area contributed by atoms with Gasteiger partial charge in [-0.3, -0.25) is 14.5 Å². The van der Waals surface area contributed by atoms with Gasteiger partial charge in [-0.25, -0.2) is 4.90 Å². The number of methoxy groups -OCH3 is 1. The molecule has 1 saturated heterocycles. The number of rotatable bonds is 5. The van der Waals surface area contributed by atoms with Crippen molar-refractivity contribution < 1.29 is 14.3 Å². The first-order valence-corrected chi connectivity index (χ1v) is 7.85. The van der Waals surface area contributed by atoms with Crippen molar-refractivity contribution in [2.75, 3.05) is 19.1 Å². The standard InChI is InChI=1S/C19H20N2O3/c1-20(13-14-6-4-3-5-7-14)17-12-18(22)21(19(17)23)15-8-10-16(24-2)11-9-15/h3-11,17H,12-13H2,1-2H3. The first-order valence-electron chi connectivity index (χ1n) is 7.85.